The molecule has 0 aromatic carbocycles. The molecule has 1 aliphatic heterocycles. The standard InChI is InChI=1S/C18H30N4O/c1-4-11-19-18(20-12-9-17-8-7-14-23-17)22-13-10-16(15-22)21(5-2)6-3/h4,7-8,14,16H,1,5-6,9-13,15H2,2-3H3,(H,19,20). The monoisotopic (exact) mass is 318 g/mol. The van der Waals surface area contributed by atoms with Gasteiger partial charge < -0.3 is 14.6 Å². The molecule has 1 fully saturated rings. The van der Waals surface area contributed by atoms with Crippen LogP contribution in [0.3, 0.4) is 0 Å². The molecule has 0 aliphatic carbocycles. The molecule has 0 spiro atoms. The second kappa shape index (κ2) is 9.40. The molecule has 1 aromatic heterocycles. The Labute approximate surface area is 140 Å². The largest absolute Gasteiger partial charge is 0.469 e. The van der Waals surface area contributed by atoms with Crippen LogP contribution in [0.4, 0.5) is 0 Å². The fourth-order valence-electron chi connectivity index (χ4n) is 3.13. The highest BCUT2D eigenvalue weighted by Crippen LogP contribution is 2.15. The van der Waals surface area contributed by atoms with Crippen LogP contribution in [-0.4, -0.2) is 61.1 Å². The Morgan fingerprint density at radius 3 is 3.00 bits per heavy atom. The summed E-state index contributed by atoms with van der Waals surface area (Å²) in [5.74, 6) is 1.98. The summed E-state index contributed by atoms with van der Waals surface area (Å²) in [5.41, 5.74) is 0. The van der Waals surface area contributed by atoms with E-state index in [2.05, 4.69) is 35.5 Å². The maximum Gasteiger partial charge on any atom is 0.194 e. The van der Waals surface area contributed by atoms with Gasteiger partial charge in [-0.05, 0) is 31.6 Å². The maximum absolute atomic E-state index is 5.37. The Hall–Kier alpha value is -1.75. The number of likely N-dealkylation sites (N-methyl/N-ethyl adjacent to an activating group) is 1. The number of nitrogens with zero attached hydrogens (tertiary/aromatic N) is 3. The summed E-state index contributed by atoms with van der Waals surface area (Å²) in [6.45, 7) is 14.1. The van der Waals surface area contributed by atoms with Gasteiger partial charge >= 0.3 is 0 Å². The van der Waals surface area contributed by atoms with E-state index in [1.54, 1.807) is 6.26 Å². The number of likely N-dealkylation sites (tertiary alicyclic amines) is 1. The van der Waals surface area contributed by atoms with Crippen LogP contribution in [0.5, 0.6) is 0 Å². The van der Waals surface area contributed by atoms with Gasteiger partial charge in [0.25, 0.3) is 0 Å². The summed E-state index contributed by atoms with van der Waals surface area (Å²) in [5, 5.41) is 3.40. The molecule has 1 atom stereocenters. The molecule has 0 amide bonds. The zero-order chi connectivity index (χ0) is 16.5. The first-order chi connectivity index (χ1) is 11.3. The van der Waals surface area contributed by atoms with Gasteiger partial charge in [0.05, 0.1) is 6.26 Å². The summed E-state index contributed by atoms with van der Waals surface area (Å²) >= 11 is 0. The molecule has 1 aromatic rings. The Bertz CT molecular complexity index is 479. The van der Waals surface area contributed by atoms with Gasteiger partial charge in [0.15, 0.2) is 5.96 Å². The SMILES string of the molecule is C=CCNC(=NCCc1ccco1)N1CCC(N(CC)CC)C1. The van der Waals surface area contributed by atoms with Gasteiger partial charge in [0.1, 0.15) is 5.76 Å². The van der Waals surface area contributed by atoms with Crippen molar-refractivity contribution < 1.29 is 4.42 Å². The fraction of sp³-hybridized carbons (Fsp3) is 0.611. The topological polar surface area (TPSA) is 44.0 Å². The fourth-order valence-corrected chi connectivity index (χ4v) is 3.13. The summed E-state index contributed by atoms with van der Waals surface area (Å²) in [6.07, 6.45) is 5.62. The van der Waals surface area contributed by atoms with Gasteiger partial charge in [-0.3, -0.25) is 9.89 Å². The second-order valence-corrected chi connectivity index (χ2v) is 5.81. The first-order valence-corrected chi connectivity index (χ1v) is 8.69. The number of hydrogen-bond donors (Lipinski definition) is 1. The molecule has 0 saturated carbocycles. The van der Waals surface area contributed by atoms with Crippen LogP contribution in [0, 0.1) is 0 Å². The molecule has 5 heteroatoms. The highest BCUT2D eigenvalue weighted by atomic mass is 16.3. The number of rotatable bonds is 8. The number of hydrogen-bond acceptors (Lipinski definition) is 3. The lowest BCUT2D eigenvalue weighted by molar-refractivity contribution is 0.223. The Balaban J connectivity index is 1.93. The smallest absolute Gasteiger partial charge is 0.194 e. The van der Waals surface area contributed by atoms with Crippen LogP contribution in [0.1, 0.15) is 26.0 Å². The molecule has 1 saturated heterocycles. The number of furan rings is 1. The summed E-state index contributed by atoms with van der Waals surface area (Å²) < 4.78 is 5.37. The molecule has 5 nitrogen and oxygen atoms in total. The van der Waals surface area contributed by atoms with E-state index < -0.39 is 0 Å². The molecule has 1 unspecified atom stereocenters. The van der Waals surface area contributed by atoms with E-state index in [1.165, 1.54) is 6.42 Å². The molecule has 2 rings (SSSR count). The zero-order valence-electron chi connectivity index (χ0n) is 14.5. The molecular weight excluding hydrogens is 288 g/mol. The second-order valence-electron chi connectivity index (χ2n) is 5.81. The highest BCUT2D eigenvalue weighted by molar-refractivity contribution is 5.80. The predicted molar refractivity (Wildman–Crippen MR) is 95.8 cm³/mol. The van der Waals surface area contributed by atoms with Crippen LogP contribution in [0.15, 0.2) is 40.5 Å². The van der Waals surface area contributed by atoms with Crippen LogP contribution >= 0.6 is 0 Å². The zero-order valence-corrected chi connectivity index (χ0v) is 14.5. The molecular formula is C18H30N4O. The van der Waals surface area contributed by atoms with Gasteiger partial charge in [0.2, 0.25) is 0 Å². The van der Waals surface area contributed by atoms with Crippen molar-refractivity contribution in [1.29, 1.82) is 0 Å². The number of guanidine groups is 1. The van der Waals surface area contributed by atoms with Crippen LogP contribution < -0.4 is 5.32 Å². The first-order valence-electron chi connectivity index (χ1n) is 8.69. The first kappa shape index (κ1) is 17.6. The minimum Gasteiger partial charge on any atom is -0.469 e. The van der Waals surface area contributed by atoms with Gasteiger partial charge in [-0.25, -0.2) is 0 Å². The van der Waals surface area contributed by atoms with E-state index in [0.29, 0.717) is 6.04 Å². The minimum atomic E-state index is 0.630. The van der Waals surface area contributed by atoms with E-state index in [0.717, 1.165) is 57.4 Å². The van der Waals surface area contributed by atoms with Crippen LogP contribution in [-0.2, 0) is 6.42 Å². The molecule has 2 heterocycles. The normalized spacial score (nSPS) is 18.7. The third-order valence-electron chi connectivity index (χ3n) is 4.40. The van der Waals surface area contributed by atoms with E-state index in [-0.39, 0.29) is 0 Å². The third kappa shape index (κ3) is 5.13. The molecule has 0 radical (unpaired) electrons. The van der Waals surface area contributed by atoms with Gasteiger partial charge in [0, 0.05) is 38.6 Å². The molecule has 128 valence electrons. The summed E-state index contributed by atoms with van der Waals surface area (Å²) in [7, 11) is 0. The molecule has 1 aliphatic rings. The van der Waals surface area contributed by atoms with Crippen molar-refractivity contribution in [3.05, 3.63) is 36.8 Å². The Morgan fingerprint density at radius 2 is 2.35 bits per heavy atom. The van der Waals surface area contributed by atoms with Crippen molar-refractivity contribution in [3.63, 3.8) is 0 Å². The molecule has 23 heavy (non-hydrogen) atoms. The van der Waals surface area contributed by atoms with Crippen molar-refractivity contribution in [2.24, 2.45) is 4.99 Å². The predicted octanol–water partition coefficient (Wildman–Crippen LogP) is 2.37. The number of aliphatic imine (C=N–C) groups is 1. The maximum atomic E-state index is 5.37. The Morgan fingerprint density at radius 1 is 1.52 bits per heavy atom. The van der Waals surface area contributed by atoms with E-state index in [1.807, 2.05) is 18.2 Å². The van der Waals surface area contributed by atoms with Crippen molar-refractivity contribution in [2.75, 3.05) is 39.3 Å². The van der Waals surface area contributed by atoms with Crippen molar-refractivity contribution in [3.8, 4) is 0 Å². The van der Waals surface area contributed by atoms with E-state index >= 15 is 0 Å². The lowest BCUT2D eigenvalue weighted by Crippen LogP contribution is -2.43. The van der Waals surface area contributed by atoms with Gasteiger partial charge in [-0.2, -0.15) is 0 Å². The average molecular weight is 318 g/mol. The highest BCUT2D eigenvalue weighted by Gasteiger charge is 2.27. The summed E-state index contributed by atoms with van der Waals surface area (Å²) in [6, 6.07) is 4.55. The molecule has 0 bridgehead atoms. The lowest BCUT2D eigenvalue weighted by atomic mass is 10.2. The van der Waals surface area contributed by atoms with Crippen molar-refractivity contribution in [2.45, 2.75) is 32.7 Å². The summed E-state index contributed by atoms with van der Waals surface area (Å²) in [4.78, 5) is 9.67. The quantitative estimate of drug-likeness (QED) is 0.454. The average Bonchev–Trinajstić information content (AvgIpc) is 3.24. The van der Waals surface area contributed by atoms with E-state index in [4.69, 9.17) is 9.41 Å². The Kier molecular flexibility index (Phi) is 7.20. The minimum absolute atomic E-state index is 0.630. The van der Waals surface area contributed by atoms with Crippen molar-refractivity contribution >= 4 is 5.96 Å². The van der Waals surface area contributed by atoms with Gasteiger partial charge in [-0.1, -0.05) is 19.9 Å². The lowest BCUT2D eigenvalue weighted by Gasteiger charge is -2.27. The van der Waals surface area contributed by atoms with Gasteiger partial charge in [-0.15, -0.1) is 6.58 Å². The molecule has 1 N–H and O–H groups in total. The van der Waals surface area contributed by atoms with Crippen LogP contribution in [0.2, 0.25) is 0 Å². The van der Waals surface area contributed by atoms with Crippen molar-refractivity contribution in [1.82, 2.24) is 15.1 Å². The third-order valence-corrected chi connectivity index (χ3v) is 4.40. The van der Waals surface area contributed by atoms with Crippen LogP contribution in [0.25, 0.3) is 0 Å². The van der Waals surface area contributed by atoms with E-state index in [9.17, 15) is 0 Å². The number of nitrogens with one attached hydrogen (secondary N) is 1.